The number of hydrogen-bond acceptors (Lipinski definition) is 4. The smallest absolute Gasteiger partial charge is 0.156 e. The molecule has 1 aliphatic rings. The van der Waals surface area contributed by atoms with Crippen LogP contribution in [0.15, 0.2) is 6.07 Å². The van der Waals surface area contributed by atoms with Crippen LogP contribution >= 0.6 is 0 Å². The van der Waals surface area contributed by atoms with Gasteiger partial charge in [0.15, 0.2) is 5.82 Å². The summed E-state index contributed by atoms with van der Waals surface area (Å²) in [6.07, 6.45) is 5.37. The molecule has 0 aromatic carbocycles. The van der Waals surface area contributed by atoms with Crippen LogP contribution in [-0.4, -0.2) is 23.1 Å². The molecule has 4 nitrogen and oxygen atoms in total. The fraction of sp³-hybridized carbons (Fsp3) is 0.667. The summed E-state index contributed by atoms with van der Waals surface area (Å²) in [5, 5.41) is 3.03. The van der Waals surface area contributed by atoms with Gasteiger partial charge in [-0.05, 0) is 19.8 Å². The summed E-state index contributed by atoms with van der Waals surface area (Å²) in [5.41, 5.74) is 0.976. The highest BCUT2D eigenvalue weighted by atomic mass is 16.5. The number of rotatable bonds is 4. The second-order valence-electron chi connectivity index (χ2n) is 4.28. The standard InChI is InChI=1S/C12H19N3O/c1-9-7-11(13-2)15-12(14-9)8-16-10-5-3-4-6-10/h7,10H,3-6,8H2,1-2H3,(H,13,14,15). The Hall–Kier alpha value is -1.16. The molecule has 0 radical (unpaired) electrons. The average Bonchev–Trinajstić information content (AvgIpc) is 2.78. The monoisotopic (exact) mass is 221 g/mol. The van der Waals surface area contributed by atoms with Crippen molar-refractivity contribution in [3.63, 3.8) is 0 Å². The summed E-state index contributed by atoms with van der Waals surface area (Å²) in [5.74, 6) is 1.63. The topological polar surface area (TPSA) is 47.0 Å². The van der Waals surface area contributed by atoms with Crippen LogP contribution in [0.2, 0.25) is 0 Å². The molecule has 0 aliphatic heterocycles. The highest BCUT2D eigenvalue weighted by Gasteiger charge is 2.15. The summed E-state index contributed by atoms with van der Waals surface area (Å²) in [6.45, 7) is 2.50. The zero-order valence-electron chi connectivity index (χ0n) is 9.99. The maximum atomic E-state index is 5.79. The van der Waals surface area contributed by atoms with Gasteiger partial charge in [0.1, 0.15) is 12.4 Å². The van der Waals surface area contributed by atoms with E-state index in [0.29, 0.717) is 12.7 Å². The first-order chi connectivity index (χ1) is 7.78. The quantitative estimate of drug-likeness (QED) is 0.847. The van der Waals surface area contributed by atoms with Crippen molar-refractivity contribution in [1.29, 1.82) is 0 Å². The fourth-order valence-corrected chi connectivity index (χ4v) is 2.07. The molecule has 0 saturated heterocycles. The first-order valence-corrected chi connectivity index (χ1v) is 5.92. The normalized spacial score (nSPS) is 16.6. The number of nitrogens with one attached hydrogen (secondary N) is 1. The van der Waals surface area contributed by atoms with Gasteiger partial charge < -0.3 is 10.1 Å². The Morgan fingerprint density at radius 1 is 1.38 bits per heavy atom. The molecular formula is C12H19N3O. The predicted octanol–water partition coefficient (Wildman–Crippen LogP) is 2.29. The lowest BCUT2D eigenvalue weighted by atomic mass is 10.3. The van der Waals surface area contributed by atoms with Gasteiger partial charge in [0, 0.05) is 18.8 Å². The third kappa shape index (κ3) is 2.92. The van der Waals surface area contributed by atoms with E-state index in [-0.39, 0.29) is 0 Å². The SMILES string of the molecule is CNc1cc(C)nc(COC2CCCC2)n1. The zero-order chi connectivity index (χ0) is 11.4. The van der Waals surface area contributed by atoms with Gasteiger partial charge in [0.25, 0.3) is 0 Å². The summed E-state index contributed by atoms with van der Waals surface area (Å²) in [4.78, 5) is 8.73. The average molecular weight is 221 g/mol. The van der Waals surface area contributed by atoms with Gasteiger partial charge in [-0.1, -0.05) is 12.8 Å². The fourth-order valence-electron chi connectivity index (χ4n) is 2.07. The third-order valence-corrected chi connectivity index (χ3v) is 2.91. The molecule has 0 amide bonds. The van der Waals surface area contributed by atoms with Crippen LogP contribution in [0.5, 0.6) is 0 Å². The first kappa shape index (κ1) is 11.3. The first-order valence-electron chi connectivity index (χ1n) is 5.92. The van der Waals surface area contributed by atoms with E-state index in [2.05, 4.69) is 15.3 Å². The van der Waals surface area contributed by atoms with Gasteiger partial charge in [0.2, 0.25) is 0 Å². The van der Waals surface area contributed by atoms with Gasteiger partial charge in [0.05, 0.1) is 6.10 Å². The van der Waals surface area contributed by atoms with E-state index in [1.807, 2.05) is 20.0 Å². The van der Waals surface area contributed by atoms with E-state index >= 15 is 0 Å². The number of ether oxygens (including phenoxy) is 1. The van der Waals surface area contributed by atoms with Crippen molar-refractivity contribution in [2.45, 2.75) is 45.3 Å². The van der Waals surface area contributed by atoms with Crippen LogP contribution in [0.4, 0.5) is 5.82 Å². The van der Waals surface area contributed by atoms with Crippen molar-refractivity contribution in [3.05, 3.63) is 17.6 Å². The van der Waals surface area contributed by atoms with Gasteiger partial charge in [-0.25, -0.2) is 9.97 Å². The van der Waals surface area contributed by atoms with Crippen LogP contribution in [0.3, 0.4) is 0 Å². The number of nitrogens with zero attached hydrogens (tertiary/aromatic N) is 2. The highest BCUT2D eigenvalue weighted by Crippen LogP contribution is 2.21. The minimum atomic E-state index is 0.419. The number of aryl methyl sites for hydroxylation is 1. The van der Waals surface area contributed by atoms with Gasteiger partial charge in [-0.3, -0.25) is 0 Å². The molecule has 1 aromatic heterocycles. The van der Waals surface area contributed by atoms with Crippen molar-refractivity contribution in [2.24, 2.45) is 0 Å². The zero-order valence-corrected chi connectivity index (χ0v) is 9.99. The second-order valence-corrected chi connectivity index (χ2v) is 4.28. The van der Waals surface area contributed by atoms with Gasteiger partial charge >= 0.3 is 0 Å². The molecule has 1 aromatic rings. The maximum Gasteiger partial charge on any atom is 0.156 e. The Bertz CT molecular complexity index is 348. The number of hydrogen-bond donors (Lipinski definition) is 1. The van der Waals surface area contributed by atoms with Crippen LogP contribution in [-0.2, 0) is 11.3 Å². The Morgan fingerprint density at radius 3 is 2.81 bits per heavy atom. The molecule has 2 rings (SSSR count). The Kier molecular flexibility index (Phi) is 3.72. The summed E-state index contributed by atoms with van der Waals surface area (Å²) in [7, 11) is 1.86. The molecular weight excluding hydrogens is 202 g/mol. The predicted molar refractivity (Wildman–Crippen MR) is 63.4 cm³/mol. The Morgan fingerprint density at radius 2 is 2.12 bits per heavy atom. The molecule has 1 aliphatic carbocycles. The molecule has 0 spiro atoms. The Labute approximate surface area is 96.4 Å². The van der Waals surface area contributed by atoms with E-state index in [1.54, 1.807) is 0 Å². The molecule has 1 saturated carbocycles. The Balaban J connectivity index is 1.94. The van der Waals surface area contributed by atoms with E-state index in [0.717, 1.165) is 17.3 Å². The minimum absolute atomic E-state index is 0.419. The maximum absolute atomic E-state index is 5.79. The summed E-state index contributed by atoms with van der Waals surface area (Å²) < 4.78 is 5.79. The number of anilines is 1. The molecule has 1 fully saturated rings. The molecule has 0 unspecified atom stereocenters. The van der Waals surface area contributed by atoms with Crippen molar-refractivity contribution in [2.75, 3.05) is 12.4 Å². The van der Waals surface area contributed by atoms with Gasteiger partial charge in [-0.2, -0.15) is 0 Å². The van der Waals surface area contributed by atoms with Crippen molar-refractivity contribution >= 4 is 5.82 Å². The van der Waals surface area contributed by atoms with E-state index in [4.69, 9.17) is 4.74 Å². The summed E-state index contributed by atoms with van der Waals surface area (Å²) >= 11 is 0. The highest BCUT2D eigenvalue weighted by molar-refractivity contribution is 5.34. The van der Waals surface area contributed by atoms with Crippen LogP contribution in [0.25, 0.3) is 0 Å². The minimum Gasteiger partial charge on any atom is -0.373 e. The van der Waals surface area contributed by atoms with Crippen LogP contribution in [0, 0.1) is 6.92 Å². The van der Waals surface area contributed by atoms with E-state index in [1.165, 1.54) is 25.7 Å². The van der Waals surface area contributed by atoms with Crippen molar-refractivity contribution in [3.8, 4) is 0 Å². The van der Waals surface area contributed by atoms with Crippen LogP contribution < -0.4 is 5.32 Å². The van der Waals surface area contributed by atoms with Crippen molar-refractivity contribution < 1.29 is 4.74 Å². The lowest BCUT2D eigenvalue weighted by molar-refractivity contribution is 0.0417. The largest absolute Gasteiger partial charge is 0.373 e. The molecule has 16 heavy (non-hydrogen) atoms. The third-order valence-electron chi connectivity index (χ3n) is 2.91. The molecule has 88 valence electrons. The van der Waals surface area contributed by atoms with E-state index < -0.39 is 0 Å². The molecule has 1 N–H and O–H groups in total. The second kappa shape index (κ2) is 5.25. The molecule has 0 atom stereocenters. The summed E-state index contributed by atoms with van der Waals surface area (Å²) in [6, 6.07) is 1.93. The van der Waals surface area contributed by atoms with Gasteiger partial charge in [-0.15, -0.1) is 0 Å². The molecule has 4 heteroatoms. The van der Waals surface area contributed by atoms with Crippen molar-refractivity contribution in [1.82, 2.24) is 9.97 Å². The molecule has 0 bridgehead atoms. The number of aromatic nitrogens is 2. The lowest BCUT2D eigenvalue weighted by Crippen LogP contribution is -2.10. The van der Waals surface area contributed by atoms with Crippen LogP contribution in [0.1, 0.15) is 37.2 Å². The lowest BCUT2D eigenvalue weighted by Gasteiger charge is -2.11. The van der Waals surface area contributed by atoms with E-state index in [9.17, 15) is 0 Å². The molecule has 1 heterocycles.